The van der Waals surface area contributed by atoms with Crippen LogP contribution in [0, 0.1) is 5.92 Å². The summed E-state index contributed by atoms with van der Waals surface area (Å²) in [6.07, 6.45) is 3.34. The van der Waals surface area contributed by atoms with E-state index >= 15 is 0 Å². The molecule has 0 saturated carbocycles. The van der Waals surface area contributed by atoms with Crippen LogP contribution in [0.3, 0.4) is 0 Å². The minimum atomic E-state index is -0.0572. The Morgan fingerprint density at radius 1 is 1.24 bits per heavy atom. The van der Waals surface area contributed by atoms with E-state index in [9.17, 15) is 4.79 Å². The molecule has 0 aliphatic heterocycles. The van der Waals surface area contributed by atoms with Crippen LogP contribution in [0.25, 0.3) is 10.1 Å². The molecule has 0 radical (unpaired) electrons. The molecule has 1 aromatic carbocycles. The zero-order valence-corrected chi connectivity index (χ0v) is 14.4. The fraction of sp³-hybridized carbons (Fsp3) is 0.471. The minimum Gasteiger partial charge on any atom is -0.349 e. The molecule has 21 heavy (non-hydrogen) atoms. The predicted octanol–water partition coefficient (Wildman–Crippen LogP) is 5.50. The molecule has 0 saturated heterocycles. The molecule has 1 N–H and O–H groups in total. The SMILES string of the molecule is CC(C)CCC[C@@H](C)NC(=O)c1sc2ccccc2c1Cl. The minimum absolute atomic E-state index is 0.0572. The van der Waals surface area contributed by atoms with Crippen molar-refractivity contribution in [1.82, 2.24) is 5.32 Å². The van der Waals surface area contributed by atoms with Crippen molar-refractivity contribution >= 4 is 38.9 Å². The molecule has 2 rings (SSSR count). The van der Waals surface area contributed by atoms with Crippen LogP contribution in [-0.4, -0.2) is 11.9 Å². The molecule has 0 bridgehead atoms. The number of rotatable bonds is 6. The van der Waals surface area contributed by atoms with Gasteiger partial charge in [-0.05, 0) is 25.3 Å². The van der Waals surface area contributed by atoms with Gasteiger partial charge in [0.25, 0.3) is 5.91 Å². The van der Waals surface area contributed by atoms with E-state index in [0.717, 1.165) is 22.9 Å². The molecule has 2 aromatic rings. The van der Waals surface area contributed by atoms with Crippen LogP contribution < -0.4 is 5.32 Å². The average Bonchev–Trinajstić information content (AvgIpc) is 2.76. The van der Waals surface area contributed by atoms with Crippen LogP contribution in [0.1, 0.15) is 49.7 Å². The second kappa shape index (κ2) is 7.28. The first kappa shape index (κ1) is 16.3. The van der Waals surface area contributed by atoms with Gasteiger partial charge in [-0.25, -0.2) is 0 Å². The highest BCUT2D eigenvalue weighted by atomic mass is 35.5. The van der Waals surface area contributed by atoms with E-state index in [1.54, 1.807) is 0 Å². The van der Waals surface area contributed by atoms with Gasteiger partial charge in [-0.1, -0.05) is 56.5 Å². The fourth-order valence-electron chi connectivity index (χ4n) is 2.35. The number of thiophene rings is 1. The fourth-order valence-corrected chi connectivity index (χ4v) is 3.77. The van der Waals surface area contributed by atoms with Crippen molar-refractivity contribution in [2.75, 3.05) is 0 Å². The molecule has 0 spiro atoms. The largest absolute Gasteiger partial charge is 0.349 e. The molecule has 1 atom stereocenters. The molecule has 0 unspecified atom stereocenters. The Bertz CT molecular complexity index is 620. The maximum atomic E-state index is 12.4. The predicted molar refractivity (Wildman–Crippen MR) is 92.5 cm³/mol. The van der Waals surface area contributed by atoms with Crippen LogP contribution in [0.2, 0.25) is 5.02 Å². The molecule has 0 fully saturated rings. The van der Waals surface area contributed by atoms with E-state index in [4.69, 9.17) is 11.6 Å². The van der Waals surface area contributed by atoms with Crippen molar-refractivity contribution in [3.8, 4) is 0 Å². The molecule has 0 aliphatic carbocycles. The van der Waals surface area contributed by atoms with Gasteiger partial charge in [0.15, 0.2) is 0 Å². The quantitative estimate of drug-likeness (QED) is 0.747. The second-order valence-electron chi connectivity index (χ2n) is 5.94. The summed E-state index contributed by atoms with van der Waals surface area (Å²) in [6, 6.07) is 8.03. The third-order valence-electron chi connectivity index (χ3n) is 3.54. The normalized spacial score (nSPS) is 12.8. The lowest BCUT2D eigenvalue weighted by Gasteiger charge is -2.14. The maximum absolute atomic E-state index is 12.4. The van der Waals surface area contributed by atoms with Crippen molar-refractivity contribution in [3.05, 3.63) is 34.2 Å². The summed E-state index contributed by atoms with van der Waals surface area (Å²) in [5.41, 5.74) is 0. The zero-order valence-electron chi connectivity index (χ0n) is 12.8. The van der Waals surface area contributed by atoms with Gasteiger partial charge in [0.2, 0.25) is 0 Å². The number of hydrogen-bond donors (Lipinski definition) is 1. The van der Waals surface area contributed by atoms with Gasteiger partial charge >= 0.3 is 0 Å². The van der Waals surface area contributed by atoms with Crippen LogP contribution in [0.15, 0.2) is 24.3 Å². The average molecular weight is 324 g/mol. The highest BCUT2D eigenvalue weighted by molar-refractivity contribution is 7.21. The standard InChI is InChI=1S/C17H22ClNOS/c1-11(2)7-6-8-12(3)19-17(20)16-15(18)13-9-4-5-10-14(13)21-16/h4-5,9-12H,6-8H2,1-3H3,(H,19,20)/t12-/m1/s1. The summed E-state index contributed by atoms with van der Waals surface area (Å²) in [5, 5.41) is 4.59. The van der Waals surface area contributed by atoms with E-state index in [2.05, 4.69) is 26.1 Å². The lowest BCUT2D eigenvalue weighted by atomic mass is 10.0. The summed E-state index contributed by atoms with van der Waals surface area (Å²) in [4.78, 5) is 13.0. The molecule has 1 amide bonds. The Balaban J connectivity index is 2.00. The molecule has 2 nitrogen and oxygen atoms in total. The Morgan fingerprint density at radius 2 is 1.95 bits per heavy atom. The van der Waals surface area contributed by atoms with Crippen molar-refractivity contribution in [1.29, 1.82) is 0 Å². The number of carbonyl (C=O) groups is 1. The van der Waals surface area contributed by atoms with E-state index in [-0.39, 0.29) is 11.9 Å². The summed E-state index contributed by atoms with van der Waals surface area (Å²) in [6.45, 7) is 6.50. The number of nitrogens with one attached hydrogen (secondary N) is 1. The lowest BCUT2D eigenvalue weighted by molar-refractivity contribution is 0.0942. The second-order valence-corrected chi connectivity index (χ2v) is 7.37. The third-order valence-corrected chi connectivity index (χ3v) is 5.21. The van der Waals surface area contributed by atoms with Crippen molar-refractivity contribution in [3.63, 3.8) is 0 Å². The van der Waals surface area contributed by atoms with Gasteiger partial charge in [0.1, 0.15) is 4.88 Å². The highest BCUT2D eigenvalue weighted by Gasteiger charge is 2.18. The molecule has 114 valence electrons. The lowest BCUT2D eigenvalue weighted by Crippen LogP contribution is -2.32. The number of fused-ring (bicyclic) bond motifs is 1. The first-order valence-corrected chi connectivity index (χ1v) is 8.66. The van der Waals surface area contributed by atoms with Gasteiger partial charge in [0.05, 0.1) is 5.02 Å². The van der Waals surface area contributed by atoms with Gasteiger partial charge in [-0.3, -0.25) is 4.79 Å². The monoisotopic (exact) mass is 323 g/mol. The first-order valence-electron chi connectivity index (χ1n) is 7.47. The van der Waals surface area contributed by atoms with Crippen LogP contribution in [0.4, 0.5) is 0 Å². The van der Waals surface area contributed by atoms with Gasteiger partial charge in [-0.15, -0.1) is 11.3 Å². The van der Waals surface area contributed by atoms with Gasteiger partial charge in [-0.2, -0.15) is 0 Å². The summed E-state index contributed by atoms with van der Waals surface area (Å²) in [7, 11) is 0. The highest BCUT2D eigenvalue weighted by Crippen LogP contribution is 2.35. The number of halogens is 1. The molecular weight excluding hydrogens is 302 g/mol. The summed E-state index contributed by atoms with van der Waals surface area (Å²) < 4.78 is 1.06. The molecule has 4 heteroatoms. The van der Waals surface area contributed by atoms with E-state index < -0.39 is 0 Å². The maximum Gasteiger partial charge on any atom is 0.263 e. The van der Waals surface area contributed by atoms with Crippen molar-refractivity contribution in [2.24, 2.45) is 5.92 Å². The van der Waals surface area contributed by atoms with E-state index in [1.807, 2.05) is 24.3 Å². The number of hydrogen-bond acceptors (Lipinski definition) is 2. The molecular formula is C17H22ClNOS. The molecule has 0 aliphatic rings. The topological polar surface area (TPSA) is 29.1 Å². The molecule has 1 heterocycles. The summed E-state index contributed by atoms with van der Waals surface area (Å²) >= 11 is 7.79. The van der Waals surface area contributed by atoms with Gasteiger partial charge < -0.3 is 5.32 Å². The Hall–Kier alpha value is -1.06. The summed E-state index contributed by atoms with van der Waals surface area (Å²) in [5.74, 6) is 0.656. The van der Waals surface area contributed by atoms with Crippen LogP contribution in [0.5, 0.6) is 0 Å². The zero-order chi connectivity index (χ0) is 15.4. The van der Waals surface area contributed by atoms with E-state index in [0.29, 0.717) is 15.8 Å². The van der Waals surface area contributed by atoms with Crippen molar-refractivity contribution < 1.29 is 4.79 Å². The van der Waals surface area contributed by atoms with E-state index in [1.165, 1.54) is 17.8 Å². The van der Waals surface area contributed by atoms with Gasteiger partial charge in [0, 0.05) is 16.1 Å². The number of carbonyl (C=O) groups excluding carboxylic acids is 1. The Kier molecular flexibility index (Phi) is 5.65. The molecule has 1 aromatic heterocycles. The van der Waals surface area contributed by atoms with Crippen molar-refractivity contribution in [2.45, 2.75) is 46.1 Å². The van der Waals surface area contributed by atoms with Crippen LogP contribution >= 0.6 is 22.9 Å². The number of benzene rings is 1. The van der Waals surface area contributed by atoms with Crippen LogP contribution in [-0.2, 0) is 0 Å². The Morgan fingerprint density at radius 3 is 2.62 bits per heavy atom. The number of amides is 1. The Labute approximate surface area is 135 Å². The smallest absolute Gasteiger partial charge is 0.263 e. The third kappa shape index (κ3) is 4.21. The first-order chi connectivity index (χ1) is 9.99.